The normalized spacial score (nSPS) is 18.8. The summed E-state index contributed by atoms with van der Waals surface area (Å²) in [6, 6.07) is 4.52. The molecular weight excluding hydrogens is 299 g/mol. The summed E-state index contributed by atoms with van der Waals surface area (Å²) in [5.74, 6) is -1.41. The molecule has 1 fully saturated rings. The maximum Gasteiger partial charge on any atom is 0.317 e. The zero-order chi connectivity index (χ0) is 17.0. The molecule has 1 aliphatic rings. The molecule has 5 nitrogen and oxygen atoms in total. The molecule has 6 heteroatoms. The van der Waals surface area contributed by atoms with Crippen LogP contribution in [0.15, 0.2) is 18.2 Å². The zero-order valence-electron chi connectivity index (χ0n) is 13.6. The predicted molar refractivity (Wildman–Crippen MR) is 84.9 cm³/mol. The summed E-state index contributed by atoms with van der Waals surface area (Å²) in [5.41, 5.74) is 1.10. The molecule has 1 saturated heterocycles. The van der Waals surface area contributed by atoms with Crippen molar-refractivity contribution in [1.82, 2.24) is 9.80 Å². The van der Waals surface area contributed by atoms with Crippen LogP contribution in [0.1, 0.15) is 35.2 Å². The number of carbonyl (C=O) groups is 2. The molecule has 1 N–H and O–H groups in total. The van der Waals surface area contributed by atoms with E-state index in [0.29, 0.717) is 18.7 Å². The monoisotopic (exact) mass is 322 g/mol. The molecular formula is C17H23FN2O3. The number of rotatable bonds is 4. The summed E-state index contributed by atoms with van der Waals surface area (Å²) >= 11 is 0. The average molecular weight is 322 g/mol. The first-order chi connectivity index (χ1) is 10.9. The van der Waals surface area contributed by atoms with E-state index in [1.54, 1.807) is 24.9 Å². The Morgan fingerprint density at radius 3 is 2.70 bits per heavy atom. The number of carbonyl (C=O) groups excluding carboxylic acids is 1. The van der Waals surface area contributed by atoms with Crippen LogP contribution in [0.5, 0.6) is 0 Å². The summed E-state index contributed by atoms with van der Waals surface area (Å²) < 4.78 is 13.5. The number of benzene rings is 1. The Bertz CT molecular complexity index is 571. The lowest BCUT2D eigenvalue weighted by molar-refractivity contribution is -0.138. The maximum absolute atomic E-state index is 13.5. The third-order valence-electron chi connectivity index (χ3n) is 4.28. The van der Waals surface area contributed by atoms with Gasteiger partial charge in [0, 0.05) is 24.7 Å². The molecule has 0 bridgehead atoms. The minimum absolute atomic E-state index is 0.00169. The highest BCUT2D eigenvalue weighted by atomic mass is 19.1. The van der Waals surface area contributed by atoms with Crippen molar-refractivity contribution < 1.29 is 19.1 Å². The lowest BCUT2D eigenvalue weighted by atomic mass is 10.1. The van der Waals surface area contributed by atoms with E-state index in [9.17, 15) is 14.0 Å². The van der Waals surface area contributed by atoms with Crippen LogP contribution in [0.25, 0.3) is 0 Å². The fourth-order valence-electron chi connectivity index (χ4n) is 3.11. The largest absolute Gasteiger partial charge is 0.480 e. The van der Waals surface area contributed by atoms with Gasteiger partial charge < -0.3 is 10.0 Å². The van der Waals surface area contributed by atoms with E-state index in [1.807, 2.05) is 4.90 Å². The smallest absolute Gasteiger partial charge is 0.317 e. The molecule has 1 unspecified atom stereocenters. The van der Waals surface area contributed by atoms with Gasteiger partial charge >= 0.3 is 5.97 Å². The fourth-order valence-corrected chi connectivity index (χ4v) is 3.11. The van der Waals surface area contributed by atoms with E-state index in [1.165, 1.54) is 12.1 Å². The van der Waals surface area contributed by atoms with Crippen molar-refractivity contribution in [3.8, 4) is 0 Å². The summed E-state index contributed by atoms with van der Waals surface area (Å²) in [7, 11) is 1.80. The van der Waals surface area contributed by atoms with Crippen LogP contribution in [-0.2, 0) is 4.79 Å². The summed E-state index contributed by atoms with van der Waals surface area (Å²) in [6.07, 6.45) is 2.40. The second kappa shape index (κ2) is 7.55. The van der Waals surface area contributed by atoms with Crippen LogP contribution in [0.2, 0.25) is 0 Å². The lowest BCUT2D eigenvalue weighted by Crippen LogP contribution is -2.37. The third-order valence-corrected chi connectivity index (χ3v) is 4.28. The molecule has 126 valence electrons. The van der Waals surface area contributed by atoms with E-state index in [2.05, 4.69) is 0 Å². The molecule has 1 atom stereocenters. The topological polar surface area (TPSA) is 60.9 Å². The van der Waals surface area contributed by atoms with Crippen LogP contribution in [0.4, 0.5) is 4.39 Å². The molecule has 0 aliphatic carbocycles. The number of hydrogen-bond acceptors (Lipinski definition) is 3. The molecule has 0 spiro atoms. The Morgan fingerprint density at radius 1 is 1.30 bits per heavy atom. The average Bonchev–Trinajstić information content (AvgIpc) is 2.70. The number of nitrogens with zero attached hydrogens (tertiary/aromatic N) is 2. The number of likely N-dealkylation sites (N-methyl/N-ethyl adjacent to an activating group) is 1. The minimum Gasteiger partial charge on any atom is -0.480 e. The van der Waals surface area contributed by atoms with Crippen molar-refractivity contribution in [2.75, 3.05) is 26.7 Å². The van der Waals surface area contributed by atoms with Gasteiger partial charge in [0.1, 0.15) is 5.82 Å². The summed E-state index contributed by atoms with van der Waals surface area (Å²) in [4.78, 5) is 26.9. The van der Waals surface area contributed by atoms with Crippen LogP contribution < -0.4 is 0 Å². The Kier molecular flexibility index (Phi) is 5.71. The van der Waals surface area contributed by atoms with Crippen LogP contribution in [0, 0.1) is 12.7 Å². The van der Waals surface area contributed by atoms with Gasteiger partial charge in [-0.15, -0.1) is 0 Å². The first-order valence-electron chi connectivity index (χ1n) is 7.85. The van der Waals surface area contributed by atoms with Gasteiger partial charge in [-0.1, -0.05) is 0 Å². The van der Waals surface area contributed by atoms with E-state index in [0.717, 1.165) is 24.8 Å². The van der Waals surface area contributed by atoms with Gasteiger partial charge in [0.05, 0.1) is 6.54 Å². The van der Waals surface area contributed by atoms with Gasteiger partial charge in [0.15, 0.2) is 0 Å². The van der Waals surface area contributed by atoms with E-state index in [-0.39, 0.29) is 18.5 Å². The standard InChI is InChI=1S/C17H23FN2O3/c1-12-8-13(10-14(18)9-12)17(23)20-6-3-4-15(5-7-20)19(2)11-16(21)22/h8-10,15H,3-7,11H2,1-2H3,(H,21,22). The van der Waals surface area contributed by atoms with Gasteiger partial charge in [-0.25, -0.2) is 4.39 Å². The Labute approximate surface area is 135 Å². The lowest BCUT2D eigenvalue weighted by Gasteiger charge is -2.25. The number of likely N-dealkylation sites (tertiary alicyclic amines) is 1. The number of carboxylic acids is 1. The quantitative estimate of drug-likeness (QED) is 0.923. The van der Waals surface area contributed by atoms with Gasteiger partial charge in [-0.3, -0.25) is 14.5 Å². The zero-order valence-corrected chi connectivity index (χ0v) is 13.6. The van der Waals surface area contributed by atoms with Crippen LogP contribution in [-0.4, -0.2) is 59.5 Å². The molecule has 0 aromatic heterocycles. The number of hydrogen-bond donors (Lipinski definition) is 1. The van der Waals surface area contributed by atoms with Crippen molar-refractivity contribution in [3.63, 3.8) is 0 Å². The van der Waals surface area contributed by atoms with Crippen molar-refractivity contribution in [2.45, 2.75) is 32.2 Å². The SMILES string of the molecule is Cc1cc(F)cc(C(=O)N2CCCC(N(C)CC(=O)O)CC2)c1. The van der Waals surface area contributed by atoms with Gasteiger partial charge in [-0.2, -0.15) is 0 Å². The highest BCUT2D eigenvalue weighted by molar-refractivity contribution is 5.94. The van der Waals surface area contributed by atoms with Crippen molar-refractivity contribution in [1.29, 1.82) is 0 Å². The van der Waals surface area contributed by atoms with E-state index < -0.39 is 11.8 Å². The van der Waals surface area contributed by atoms with Crippen LogP contribution in [0.3, 0.4) is 0 Å². The van der Waals surface area contributed by atoms with E-state index in [4.69, 9.17) is 5.11 Å². The van der Waals surface area contributed by atoms with Gasteiger partial charge in [-0.05, 0) is 57.0 Å². The summed E-state index contributed by atoms with van der Waals surface area (Å²) in [6.45, 7) is 2.94. The first kappa shape index (κ1) is 17.4. The molecule has 1 aliphatic heterocycles. The number of aliphatic carboxylic acids is 1. The predicted octanol–water partition coefficient (Wildman–Crippen LogP) is 2.15. The highest BCUT2D eigenvalue weighted by Crippen LogP contribution is 2.18. The van der Waals surface area contributed by atoms with E-state index >= 15 is 0 Å². The molecule has 23 heavy (non-hydrogen) atoms. The van der Waals surface area contributed by atoms with Crippen molar-refractivity contribution in [3.05, 3.63) is 35.1 Å². The number of carboxylic acid groups (broad SMARTS) is 1. The van der Waals surface area contributed by atoms with Crippen molar-refractivity contribution in [2.24, 2.45) is 0 Å². The van der Waals surface area contributed by atoms with Crippen molar-refractivity contribution >= 4 is 11.9 Å². The maximum atomic E-state index is 13.5. The fraction of sp³-hybridized carbons (Fsp3) is 0.529. The Balaban J connectivity index is 2.02. The molecule has 2 rings (SSSR count). The Hall–Kier alpha value is -1.95. The second-order valence-electron chi connectivity index (χ2n) is 6.20. The van der Waals surface area contributed by atoms with Gasteiger partial charge in [0.25, 0.3) is 5.91 Å². The highest BCUT2D eigenvalue weighted by Gasteiger charge is 2.24. The second-order valence-corrected chi connectivity index (χ2v) is 6.20. The molecule has 1 aromatic carbocycles. The molecule has 0 radical (unpaired) electrons. The number of amides is 1. The Morgan fingerprint density at radius 2 is 2.04 bits per heavy atom. The molecule has 1 heterocycles. The molecule has 0 saturated carbocycles. The third kappa shape index (κ3) is 4.76. The van der Waals surface area contributed by atoms with Crippen LogP contribution >= 0.6 is 0 Å². The first-order valence-corrected chi connectivity index (χ1v) is 7.85. The number of halogens is 1. The van der Waals surface area contributed by atoms with Gasteiger partial charge in [0.2, 0.25) is 0 Å². The molecule has 1 aromatic rings. The molecule has 1 amide bonds. The number of aryl methyl sites for hydroxylation is 1. The summed E-state index contributed by atoms with van der Waals surface area (Å²) in [5, 5.41) is 8.88. The minimum atomic E-state index is -0.847.